The third-order valence-corrected chi connectivity index (χ3v) is 4.81. The van der Waals surface area contributed by atoms with Crippen LogP contribution in [-0.2, 0) is 10.2 Å². The van der Waals surface area contributed by atoms with Gasteiger partial charge in [0.15, 0.2) is 0 Å². The Bertz CT molecular complexity index is 440. The van der Waals surface area contributed by atoms with Crippen LogP contribution in [0, 0.1) is 0 Å². The lowest BCUT2D eigenvalue weighted by molar-refractivity contribution is 0.519. The van der Waals surface area contributed by atoms with E-state index in [2.05, 4.69) is 0 Å². The number of benzene rings is 1. The number of thioether (sulfide) groups is 1. The average Bonchev–Trinajstić information content (AvgIpc) is 2.28. The molecule has 1 aromatic carbocycles. The van der Waals surface area contributed by atoms with Crippen molar-refractivity contribution in [2.45, 2.75) is 4.90 Å². The van der Waals surface area contributed by atoms with E-state index in [0.717, 1.165) is 4.90 Å². The third kappa shape index (κ3) is 2.69. The second kappa shape index (κ2) is 5.07. The molecule has 90 valence electrons. The molecule has 0 aromatic heterocycles. The Hall–Kier alpha value is -0.720. The molecule has 0 fully saturated rings. The van der Waals surface area contributed by atoms with Crippen LogP contribution in [0.25, 0.3) is 0 Å². The summed E-state index contributed by atoms with van der Waals surface area (Å²) in [5.74, 6) is 0. The molecular weight excluding hydrogens is 244 g/mol. The van der Waals surface area contributed by atoms with Gasteiger partial charge in [-0.3, -0.25) is 4.31 Å². The standard InChI is InChI=1S/C10H16N2O2S2/c1-11(2)16(13,14)12(3)9-5-7-10(15-4)8-6-9/h5-8H,1-4H3. The Labute approximate surface area is 101 Å². The second-order valence-electron chi connectivity index (χ2n) is 3.46. The summed E-state index contributed by atoms with van der Waals surface area (Å²) in [7, 11) is 1.19. The number of nitrogens with zero attached hydrogens (tertiary/aromatic N) is 2. The van der Waals surface area contributed by atoms with Gasteiger partial charge in [-0.05, 0) is 30.5 Å². The fourth-order valence-corrected chi connectivity index (χ4v) is 2.46. The number of hydrogen-bond acceptors (Lipinski definition) is 3. The van der Waals surface area contributed by atoms with Crippen molar-refractivity contribution in [1.82, 2.24) is 4.31 Å². The minimum absolute atomic E-state index is 0.659. The van der Waals surface area contributed by atoms with E-state index in [9.17, 15) is 8.42 Å². The van der Waals surface area contributed by atoms with E-state index in [4.69, 9.17) is 0 Å². The molecule has 0 unspecified atom stereocenters. The van der Waals surface area contributed by atoms with Gasteiger partial charge in [0.25, 0.3) is 0 Å². The summed E-state index contributed by atoms with van der Waals surface area (Å²) in [5, 5.41) is 0. The zero-order valence-corrected chi connectivity index (χ0v) is 11.5. The molecule has 0 saturated carbocycles. The van der Waals surface area contributed by atoms with E-state index in [-0.39, 0.29) is 0 Å². The van der Waals surface area contributed by atoms with Crippen LogP contribution in [-0.4, -0.2) is 40.1 Å². The second-order valence-corrected chi connectivity index (χ2v) is 6.51. The highest BCUT2D eigenvalue weighted by Crippen LogP contribution is 2.21. The Morgan fingerprint density at radius 1 is 1.06 bits per heavy atom. The number of hydrogen-bond donors (Lipinski definition) is 0. The predicted molar refractivity (Wildman–Crippen MR) is 69.2 cm³/mol. The van der Waals surface area contributed by atoms with E-state index in [0.29, 0.717) is 5.69 Å². The highest BCUT2D eigenvalue weighted by molar-refractivity contribution is 7.98. The summed E-state index contributed by atoms with van der Waals surface area (Å²) in [4.78, 5) is 1.11. The van der Waals surface area contributed by atoms with Crippen LogP contribution >= 0.6 is 11.8 Å². The Morgan fingerprint density at radius 3 is 1.94 bits per heavy atom. The Morgan fingerprint density at radius 2 is 1.56 bits per heavy atom. The summed E-state index contributed by atoms with van der Waals surface area (Å²) in [6, 6.07) is 7.41. The quantitative estimate of drug-likeness (QED) is 0.773. The van der Waals surface area contributed by atoms with E-state index < -0.39 is 10.2 Å². The molecule has 0 amide bonds. The first-order chi connectivity index (χ1) is 7.39. The van der Waals surface area contributed by atoms with Crippen LogP contribution in [0.2, 0.25) is 0 Å². The van der Waals surface area contributed by atoms with Crippen LogP contribution in [0.15, 0.2) is 29.2 Å². The molecule has 0 aliphatic carbocycles. The largest absolute Gasteiger partial charge is 0.303 e. The summed E-state index contributed by atoms with van der Waals surface area (Å²) in [6.07, 6.45) is 1.98. The van der Waals surface area contributed by atoms with E-state index in [1.165, 1.54) is 22.7 Å². The van der Waals surface area contributed by atoms with Gasteiger partial charge >= 0.3 is 10.2 Å². The fraction of sp³-hybridized carbons (Fsp3) is 0.400. The van der Waals surface area contributed by atoms with Gasteiger partial charge in [0.2, 0.25) is 0 Å². The van der Waals surface area contributed by atoms with Gasteiger partial charge in [-0.2, -0.15) is 12.7 Å². The maximum absolute atomic E-state index is 11.8. The zero-order chi connectivity index (χ0) is 12.3. The van der Waals surface area contributed by atoms with Gasteiger partial charge < -0.3 is 0 Å². The molecule has 1 aromatic rings. The fourth-order valence-electron chi connectivity index (χ4n) is 1.17. The number of rotatable bonds is 4. The molecular formula is C10H16N2O2S2. The minimum Gasteiger partial charge on any atom is -0.261 e. The van der Waals surface area contributed by atoms with E-state index in [1.54, 1.807) is 30.9 Å². The van der Waals surface area contributed by atoms with Crippen molar-refractivity contribution >= 4 is 27.7 Å². The minimum atomic E-state index is -3.39. The molecule has 0 radical (unpaired) electrons. The third-order valence-electron chi connectivity index (χ3n) is 2.24. The molecule has 0 atom stereocenters. The smallest absolute Gasteiger partial charge is 0.261 e. The van der Waals surface area contributed by atoms with Crippen LogP contribution in [0.3, 0.4) is 0 Å². The van der Waals surface area contributed by atoms with Crippen molar-refractivity contribution in [3.63, 3.8) is 0 Å². The SMILES string of the molecule is CSc1ccc(N(C)S(=O)(=O)N(C)C)cc1. The van der Waals surface area contributed by atoms with Gasteiger partial charge in [-0.1, -0.05) is 0 Å². The van der Waals surface area contributed by atoms with Crippen molar-refractivity contribution in [2.75, 3.05) is 31.7 Å². The first kappa shape index (κ1) is 13.3. The van der Waals surface area contributed by atoms with Crippen LogP contribution in [0.1, 0.15) is 0 Å². The van der Waals surface area contributed by atoms with Crippen LogP contribution in [0.4, 0.5) is 5.69 Å². The summed E-state index contributed by atoms with van der Waals surface area (Å²) < 4.78 is 26.1. The first-order valence-corrected chi connectivity index (χ1v) is 7.32. The molecule has 0 saturated heterocycles. The van der Waals surface area contributed by atoms with Gasteiger partial charge in [0, 0.05) is 26.0 Å². The predicted octanol–water partition coefficient (Wildman–Crippen LogP) is 1.65. The van der Waals surface area contributed by atoms with Gasteiger partial charge in [-0.25, -0.2) is 0 Å². The molecule has 0 N–H and O–H groups in total. The summed E-state index contributed by atoms with van der Waals surface area (Å²) in [6.45, 7) is 0. The monoisotopic (exact) mass is 260 g/mol. The lowest BCUT2D eigenvalue weighted by atomic mass is 10.3. The molecule has 4 nitrogen and oxygen atoms in total. The summed E-state index contributed by atoms with van der Waals surface area (Å²) >= 11 is 1.62. The van der Waals surface area contributed by atoms with Crippen molar-refractivity contribution in [3.05, 3.63) is 24.3 Å². The maximum atomic E-state index is 11.8. The van der Waals surface area contributed by atoms with Crippen molar-refractivity contribution in [3.8, 4) is 0 Å². The highest BCUT2D eigenvalue weighted by atomic mass is 32.2. The average molecular weight is 260 g/mol. The van der Waals surface area contributed by atoms with Crippen molar-refractivity contribution in [1.29, 1.82) is 0 Å². The summed E-state index contributed by atoms with van der Waals surface area (Å²) in [5.41, 5.74) is 0.659. The molecule has 6 heteroatoms. The molecule has 0 aliphatic rings. The van der Waals surface area contributed by atoms with Crippen LogP contribution in [0.5, 0.6) is 0 Å². The molecule has 0 bridgehead atoms. The topological polar surface area (TPSA) is 40.6 Å². The van der Waals surface area contributed by atoms with Crippen molar-refractivity contribution in [2.24, 2.45) is 0 Å². The molecule has 16 heavy (non-hydrogen) atoms. The number of anilines is 1. The van der Waals surface area contributed by atoms with Crippen LogP contribution < -0.4 is 4.31 Å². The first-order valence-electron chi connectivity index (χ1n) is 4.70. The maximum Gasteiger partial charge on any atom is 0.303 e. The van der Waals surface area contributed by atoms with E-state index in [1.807, 2.05) is 18.4 Å². The molecule has 1 rings (SSSR count). The molecule has 0 heterocycles. The Kier molecular flexibility index (Phi) is 4.23. The van der Waals surface area contributed by atoms with Gasteiger partial charge in [0.05, 0.1) is 5.69 Å². The van der Waals surface area contributed by atoms with Gasteiger partial charge in [0.1, 0.15) is 0 Å². The van der Waals surface area contributed by atoms with E-state index >= 15 is 0 Å². The normalized spacial score (nSPS) is 11.8. The lowest BCUT2D eigenvalue weighted by Gasteiger charge is -2.23. The molecule has 0 spiro atoms. The Balaban J connectivity index is 3.01. The van der Waals surface area contributed by atoms with Crippen molar-refractivity contribution < 1.29 is 8.42 Å². The highest BCUT2D eigenvalue weighted by Gasteiger charge is 2.20. The lowest BCUT2D eigenvalue weighted by Crippen LogP contribution is -2.37. The molecule has 0 aliphatic heterocycles. The zero-order valence-electron chi connectivity index (χ0n) is 9.84. The van der Waals surface area contributed by atoms with Gasteiger partial charge in [-0.15, -0.1) is 11.8 Å².